The molecule has 0 fully saturated rings. The van der Waals surface area contributed by atoms with Crippen LogP contribution in [0.4, 0.5) is 0 Å². The third-order valence-corrected chi connectivity index (χ3v) is 5.85. The summed E-state index contributed by atoms with van der Waals surface area (Å²) in [4.78, 5) is 0. The summed E-state index contributed by atoms with van der Waals surface area (Å²) in [6, 6.07) is 5.65. The van der Waals surface area contributed by atoms with Crippen molar-refractivity contribution in [3.63, 3.8) is 0 Å². The number of hydrogen-bond donors (Lipinski definition) is 1. The van der Waals surface area contributed by atoms with E-state index in [9.17, 15) is 8.42 Å². The highest BCUT2D eigenvalue weighted by Crippen LogP contribution is 2.29. The fourth-order valence-electron chi connectivity index (χ4n) is 2.40. The second kappa shape index (κ2) is 9.05. The molecule has 2 aromatic rings. The first-order valence-corrected chi connectivity index (χ1v) is 10.3. The van der Waals surface area contributed by atoms with E-state index >= 15 is 0 Å². The summed E-state index contributed by atoms with van der Waals surface area (Å²) in [6.07, 6.45) is 0. The number of aryl methyl sites for hydroxylation is 2. The first-order valence-electron chi connectivity index (χ1n) is 8.49. The minimum absolute atomic E-state index is 0.138. The van der Waals surface area contributed by atoms with Gasteiger partial charge in [0, 0.05) is 18.8 Å². The molecule has 26 heavy (non-hydrogen) atoms. The van der Waals surface area contributed by atoms with Crippen LogP contribution in [0.2, 0.25) is 0 Å². The van der Waals surface area contributed by atoms with Gasteiger partial charge in [0.15, 0.2) is 21.3 Å². The molecule has 0 aliphatic rings. The number of benzene rings is 1. The van der Waals surface area contributed by atoms with Crippen LogP contribution in [0.5, 0.6) is 11.5 Å². The maximum atomic E-state index is 11.5. The molecular weight excluding hydrogens is 356 g/mol. The van der Waals surface area contributed by atoms with Crippen molar-refractivity contribution in [2.75, 3.05) is 25.2 Å². The van der Waals surface area contributed by atoms with E-state index in [1.807, 2.05) is 32.0 Å². The highest BCUT2D eigenvalue weighted by atomic mass is 32.2. The van der Waals surface area contributed by atoms with Crippen LogP contribution in [-0.2, 0) is 23.0 Å². The molecule has 0 radical (unpaired) electrons. The minimum atomic E-state index is -2.95. The molecule has 1 aromatic heterocycles. The third-order valence-electron chi connectivity index (χ3n) is 4.14. The van der Waals surface area contributed by atoms with Gasteiger partial charge < -0.3 is 19.3 Å². The van der Waals surface area contributed by atoms with Crippen LogP contribution in [0, 0.1) is 13.8 Å². The van der Waals surface area contributed by atoms with E-state index in [1.165, 1.54) is 0 Å². The van der Waals surface area contributed by atoms with Crippen molar-refractivity contribution in [3.8, 4) is 11.5 Å². The van der Waals surface area contributed by atoms with Crippen LogP contribution in [0.25, 0.3) is 0 Å². The van der Waals surface area contributed by atoms with Crippen molar-refractivity contribution >= 4 is 9.84 Å². The fraction of sp³-hybridized carbons (Fsp3) is 0.500. The molecule has 0 amide bonds. The van der Waals surface area contributed by atoms with Gasteiger partial charge >= 0.3 is 0 Å². The summed E-state index contributed by atoms with van der Waals surface area (Å²) in [5.41, 5.74) is 2.72. The number of rotatable bonds is 10. The molecule has 0 unspecified atom stereocenters. The Morgan fingerprint density at radius 2 is 2.00 bits per heavy atom. The van der Waals surface area contributed by atoms with Gasteiger partial charge in [-0.3, -0.25) is 0 Å². The molecule has 7 nitrogen and oxygen atoms in total. The standard InChI is InChI=1S/C18H26N2O5S/c1-5-26(21,22)9-8-19-11-15-6-7-17(18(10-15)23-4)24-12-16-13(2)20-25-14(16)3/h6-7,10,19H,5,8-9,11-12H2,1-4H3. The third kappa shape index (κ3) is 5.47. The van der Waals surface area contributed by atoms with Gasteiger partial charge in [0.1, 0.15) is 12.4 Å². The summed E-state index contributed by atoms with van der Waals surface area (Å²) in [5.74, 6) is 2.30. The Morgan fingerprint density at radius 1 is 1.23 bits per heavy atom. The number of aromatic nitrogens is 1. The van der Waals surface area contributed by atoms with Gasteiger partial charge in [0.2, 0.25) is 0 Å². The van der Waals surface area contributed by atoms with Gasteiger partial charge in [0.25, 0.3) is 0 Å². The lowest BCUT2D eigenvalue weighted by Crippen LogP contribution is -2.23. The number of sulfone groups is 1. The zero-order valence-corrected chi connectivity index (χ0v) is 16.5. The van der Waals surface area contributed by atoms with Crippen molar-refractivity contribution in [1.29, 1.82) is 0 Å². The van der Waals surface area contributed by atoms with E-state index in [4.69, 9.17) is 14.0 Å². The zero-order chi connectivity index (χ0) is 19.2. The zero-order valence-electron chi connectivity index (χ0n) is 15.7. The van der Waals surface area contributed by atoms with Gasteiger partial charge in [-0.15, -0.1) is 0 Å². The van der Waals surface area contributed by atoms with E-state index < -0.39 is 9.84 Å². The predicted molar refractivity (Wildman–Crippen MR) is 99.3 cm³/mol. The fourth-order valence-corrected chi connectivity index (χ4v) is 3.15. The normalized spacial score (nSPS) is 11.5. The number of ether oxygens (including phenoxy) is 2. The quantitative estimate of drug-likeness (QED) is 0.631. The average molecular weight is 382 g/mol. The lowest BCUT2D eigenvalue weighted by molar-refractivity contribution is 0.281. The lowest BCUT2D eigenvalue weighted by atomic mass is 10.2. The second-order valence-electron chi connectivity index (χ2n) is 5.99. The Balaban J connectivity index is 1.94. The monoisotopic (exact) mass is 382 g/mol. The molecule has 1 N–H and O–H groups in total. The SMILES string of the molecule is CCS(=O)(=O)CCNCc1ccc(OCc2c(C)noc2C)c(OC)c1. The summed E-state index contributed by atoms with van der Waals surface area (Å²) in [7, 11) is -1.36. The van der Waals surface area contributed by atoms with Crippen molar-refractivity contribution in [2.24, 2.45) is 0 Å². The Morgan fingerprint density at radius 3 is 2.62 bits per heavy atom. The molecular formula is C18H26N2O5S. The van der Waals surface area contributed by atoms with Crippen molar-refractivity contribution in [2.45, 2.75) is 33.9 Å². The van der Waals surface area contributed by atoms with Crippen LogP contribution in [0.1, 0.15) is 29.5 Å². The lowest BCUT2D eigenvalue weighted by Gasteiger charge is -2.12. The minimum Gasteiger partial charge on any atom is -0.493 e. The summed E-state index contributed by atoms with van der Waals surface area (Å²) < 4.78 is 39.4. The van der Waals surface area contributed by atoms with Crippen LogP contribution in [-0.4, -0.2) is 38.7 Å². The largest absolute Gasteiger partial charge is 0.493 e. The first-order chi connectivity index (χ1) is 12.4. The predicted octanol–water partition coefficient (Wildman–Crippen LogP) is 2.40. The Labute approximate surface area is 154 Å². The topological polar surface area (TPSA) is 90.7 Å². The van der Waals surface area contributed by atoms with Gasteiger partial charge in [-0.25, -0.2) is 8.42 Å². The van der Waals surface area contributed by atoms with Crippen molar-refractivity contribution in [1.82, 2.24) is 10.5 Å². The van der Waals surface area contributed by atoms with Gasteiger partial charge in [-0.2, -0.15) is 0 Å². The highest BCUT2D eigenvalue weighted by Gasteiger charge is 2.12. The summed E-state index contributed by atoms with van der Waals surface area (Å²) >= 11 is 0. The molecule has 2 rings (SSSR count). The van der Waals surface area contributed by atoms with Crippen molar-refractivity contribution in [3.05, 3.63) is 40.8 Å². The van der Waals surface area contributed by atoms with E-state index in [0.29, 0.717) is 31.2 Å². The maximum Gasteiger partial charge on any atom is 0.161 e. The number of hydrogen-bond acceptors (Lipinski definition) is 7. The smallest absolute Gasteiger partial charge is 0.161 e. The van der Waals surface area contributed by atoms with Crippen LogP contribution >= 0.6 is 0 Å². The molecule has 0 aliphatic carbocycles. The molecule has 0 atom stereocenters. The van der Waals surface area contributed by atoms with E-state index in [0.717, 1.165) is 22.6 Å². The number of nitrogens with zero attached hydrogens (tertiary/aromatic N) is 1. The first kappa shape index (κ1) is 20.3. The van der Waals surface area contributed by atoms with E-state index in [1.54, 1.807) is 14.0 Å². The molecule has 0 aliphatic heterocycles. The average Bonchev–Trinajstić information content (AvgIpc) is 2.95. The van der Waals surface area contributed by atoms with Crippen LogP contribution in [0.3, 0.4) is 0 Å². The van der Waals surface area contributed by atoms with Crippen molar-refractivity contribution < 1.29 is 22.4 Å². The number of methoxy groups -OCH3 is 1. The Bertz CT molecular complexity index is 811. The van der Waals surface area contributed by atoms with Gasteiger partial charge in [0.05, 0.1) is 24.1 Å². The summed E-state index contributed by atoms with van der Waals surface area (Å²) in [6.45, 7) is 6.71. The molecule has 0 bridgehead atoms. The van der Waals surface area contributed by atoms with E-state index in [2.05, 4.69) is 10.5 Å². The number of nitrogens with one attached hydrogen (secondary N) is 1. The maximum absolute atomic E-state index is 11.5. The van der Waals surface area contributed by atoms with E-state index in [-0.39, 0.29) is 11.5 Å². The summed E-state index contributed by atoms with van der Waals surface area (Å²) in [5, 5.41) is 7.05. The Kier molecular flexibility index (Phi) is 7.05. The molecule has 0 saturated carbocycles. The molecule has 1 aromatic carbocycles. The van der Waals surface area contributed by atoms with Crippen LogP contribution < -0.4 is 14.8 Å². The van der Waals surface area contributed by atoms with Gasteiger partial charge in [-0.1, -0.05) is 18.1 Å². The Hall–Kier alpha value is -2.06. The van der Waals surface area contributed by atoms with Gasteiger partial charge in [-0.05, 0) is 31.5 Å². The molecule has 0 spiro atoms. The van der Waals surface area contributed by atoms with Crippen LogP contribution in [0.15, 0.2) is 22.7 Å². The molecule has 1 heterocycles. The molecule has 144 valence electrons. The molecule has 8 heteroatoms. The highest BCUT2D eigenvalue weighted by molar-refractivity contribution is 7.91. The molecule has 0 saturated heterocycles. The second-order valence-corrected chi connectivity index (χ2v) is 8.46.